The summed E-state index contributed by atoms with van der Waals surface area (Å²) in [4.78, 5) is 11.8. The van der Waals surface area contributed by atoms with Crippen LogP contribution in [0.2, 0.25) is 0 Å². The summed E-state index contributed by atoms with van der Waals surface area (Å²) in [5.74, 6) is 0. The largest absolute Gasteiger partial charge is 0.360 e. The molecule has 0 unspecified atom stereocenters. The van der Waals surface area contributed by atoms with Crippen LogP contribution in [0.25, 0.3) is 10.6 Å². The van der Waals surface area contributed by atoms with Gasteiger partial charge in [0.15, 0.2) is 5.01 Å². The van der Waals surface area contributed by atoms with E-state index in [2.05, 4.69) is 15.5 Å². The molecule has 0 bridgehead atoms. The van der Waals surface area contributed by atoms with Gasteiger partial charge >= 0.3 is 0 Å². The number of anilines is 1. The predicted octanol–water partition coefficient (Wildman–Crippen LogP) is 1.34. The minimum Gasteiger partial charge on any atom is -0.360 e. The van der Waals surface area contributed by atoms with E-state index < -0.39 is 0 Å². The van der Waals surface area contributed by atoms with E-state index in [1.807, 2.05) is 13.0 Å². The zero-order valence-electron chi connectivity index (χ0n) is 9.10. The van der Waals surface area contributed by atoms with Crippen LogP contribution in [0.4, 0.5) is 5.13 Å². The Morgan fingerprint density at radius 2 is 2.31 bits per heavy atom. The molecule has 0 fully saturated rings. The molecule has 5 nitrogen and oxygen atoms in total. The van der Waals surface area contributed by atoms with Gasteiger partial charge in [-0.1, -0.05) is 11.3 Å². The lowest BCUT2D eigenvalue weighted by molar-refractivity contribution is 0.862. The minimum absolute atomic E-state index is 0.0540. The minimum atomic E-state index is -0.0540. The second-order valence-corrected chi connectivity index (χ2v) is 4.26. The molecule has 0 aliphatic carbocycles. The van der Waals surface area contributed by atoms with E-state index in [4.69, 9.17) is 0 Å². The summed E-state index contributed by atoms with van der Waals surface area (Å²) in [6.45, 7) is 2.78. The van der Waals surface area contributed by atoms with Crippen LogP contribution < -0.4 is 10.9 Å². The van der Waals surface area contributed by atoms with Gasteiger partial charge in [0, 0.05) is 19.8 Å². The molecule has 2 rings (SSSR count). The van der Waals surface area contributed by atoms with Gasteiger partial charge in [-0.2, -0.15) is 0 Å². The number of nitrogens with one attached hydrogen (secondary N) is 1. The van der Waals surface area contributed by atoms with E-state index in [0.29, 0.717) is 10.6 Å². The number of nitrogens with zero attached hydrogens (tertiary/aromatic N) is 3. The highest BCUT2D eigenvalue weighted by molar-refractivity contribution is 7.18. The van der Waals surface area contributed by atoms with Crippen LogP contribution in [0.5, 0.6) is 0 Å². The molecule has 84 valence electrons. The Hall–Kier alpha value is -1.69. The van der Waals surface area contributed by atoms with Gasteiger partial charge in [-0.15, -0.1) is 10.2 Å². The Kier molecular flexibility index (Phi) is 3.00. The van der Waals surface area contributed by atoms with Gasteiger partial charge in [0.2, 0.25) is 5.13 Å². The number of hydrogen-bond acceptors (Lipinski definition) is 5. The van der Waals surface area contributed by atoms with Crippen molar-refractivity contribution < 1.29 is 0 Å². The van der Waals surface area contributed by atoms with E-state index >= 15 is 0 Å². The van der Waals surface area contributed by atoms with E-state index in [-0.39, 0.29) is 5.56 Å². The molecule has 6 heteroatoms. The van der Waals surface area contributed by atoms with E-state index in [0.717, 1.165) is 11.7 Å². The second kappa shape index (κ2) is 4.44. The fraction of sp³-hybridized carbons (Fsp3) is 0.300. The first-order valence-electron chi connectivity index (χ1n) is 4.95. The molecule has 0 saturated heterocycles. The smallest absolute Gasteiger partial charge is 0.260 e. The van der Waals surface area contributed by atoms with Crippen molar-refractivity contribution in [3.63, 3.8) is 0 Å². The fourth-order valence-electron chi connectivity index (χ4n) is 1.31. The van der Waals surface area contributed by atoms with Crippen LogP contribution in [0.15, 0.2) is 23.1 Å². The maximum atomic E-state index is 11.8. The highest BCUT2D eigenvalue weighted by Crippen LogP contribution is 2.23. The number of pyridine rings is 1. The molecule has 0 aromatic carbocycles. The van der Waals surface area contributed by atoms with Crippen molar-refractivity contribution in [2.45, 2.75) is 6.92 Å². The fourth-order valence-corrected chi connectivity index (χ4v) is 2.14. The third-order valence-corrected chi connectivity index (χ3v) is 3.02. The summed E-state index contributed by atoms with van der Waals surface area (Å²) in [7, 11) is 1.72. The zero-order valence-corrected chi connectivity index (χ0v) is 9.91. The van der Waals surface area contributed by atoms with Crippen molar-refractivity contribution in [2.24, 2.45) is 7.05 Å². The summed E-state index contributed by atoms with van der Waals surface area (Å²) < 4.78 is 1.53. The molecule has 2 aromatic rings. The van der Waals surface area contributed by atoms with Gasteiger partial charge in [-0.05, 0) is 19.1 Å². The van der Waals surface area contributed by atoms with E-state index in [9.17, 15) is 4.79 Å². The van der Waals surface area contributed by atoms with Crippen LogP contribution in [-0.2, 0) is 7.05 Å². The first-order chi connectivity index (χ1) is 7.72. The van der Waals surface area contributed by atoms with Crippen LogP contribution in [-0.4, -0.2) is 21.3 Å². The van der Waals surface area contributed by atoms with Crippen LogP contribution >= 0.6 is 11.3 Å². The van der Waals surface area contributed by atoms with Crippen molar-refractivity contribution in [3.05, 3.63) is 28.7 Å². The molecule has 2 aromatic heterocycles. The van der Waals surface area contributed by atoms with Gasteiger partial charge < -0.3 is 9.88 Å². The molecular weight excluding hydrogens is 224 g/mol. The molecule has 0 aliphatic rings. The maximum absolute atomic E-state index is 11.8. The molecule has 0 atom stereocenters. The quantitative estimate of drug-likeness (QED) is 0.873. The normalized spacial score (nSPS) is 10.4. The SMILES string of the molecule is CCNc1nnc(-c2cccn(C)c2=O)s1. The van der Waals surface area contributed by atoms with E-state index in [1.165, 1.54) is 15.9 Å². The lowest BCUT2D eigenvalue weighted by Gasteiger charge is -1.98. The first-order valence-corrected chi connectivity index (χ1v) is 5.77. The Labute approximate surface area is 96.8 Å². The molecule has 0 saturated carbocycles. The van der Waals surface area contributed by atoms with Crippen molar-refractivity contribution in [3.8, 4) is 10.6 Å². The van der Waals surface area contributed by atoms with Crippen LogP contribution in [0.3, 0.4) is 0 Å². The van der Waals surface area contributed by atoms with Gasteiger partial charge in [0.25, 0.3) is 5.56 Å². The highest BCUT2D eigenvalue weighted by Gasteiger charge is 2.09. The van der Waals surface area contributed by atoms with E-state index in [1.54, 1.807) is 19.3 Å². The molecular formula is C10H12N4OS. The molecule has 0 aliphatic heterocycles. The third kappa shape index (κ3) is 1.96. The molecule has 0 radical (unpaired) electrons. The average molecular weight is 236 g/mol. The molecule has 16 heavy (non-hydrogen) atoms. The van der Waals surface area contributed by atoms with Gasteiger partial charge in [0.05, 0.1) is 5.56 Å². The summed E-state index contributed by atoms with van der Waals surface area (Å²) in [5, 5.41) is 12.4. The number of hydrogen-bond donors (Lipinski definition) is 1. The van der Waals surface area contributed by atoms with Crippen molar-refractivity contribution in [1.82, 2.24) is 14.8 Å². The van der Waals surface area contributed by atoms with Crippen molar-refractivity contribution in [1.29, 1.82) is 0 Å². The zero-order chi connectivity index (χ0) is 11.5. The van der Waals surface area contributed by atoms with Gasteiger partial charge in [-0.3, -0.25) is 4.79 Å². The number of aryl methyl sites for hydroxylation is 1. The summed E-state index contributed by atoms with van der Waals surface area (Å²) in [6.07, 6.45) is 1.72. The number of rotatable bonds is 3. The van der Waals surface area contributed by atoms with Crippen molar-refractivity contribution in [2.75, 3.05) is 11.9 Å². The Morgan fingerprint density at radius 3 is 3.06 bits per heavy atom. The summed E-state index contributed by atoms with van der Waals surface area (Å²) in [5.41, 5.74) is 0.536. The molecule has 2 heterocycles. The van der Waals surface area contributed by atoms with Crippen LogP contribution in [0.1, 0.15) is 6.92 Å². The van der Waals surface area contributed by atoms with Crippen molar-refractivity contribution >= 4 is 16.5 Å². The Morgan fingerprint density at radius 1 is 1.50 bits per heavy atom. The monoisotopic (exact) mass is 236 g/mol. The first kappa shape index (κ1) is 10.8. The summed E-state index contributed by atoms with van der Waals surface area (Å²) >= 11 is 1.39. The highest BCUT2D eigenvalue weighted by atomic mass is 32.1. The molecule has 1 N–H and O–H groups in total. The Balaban J connectivity index is 2.43. The molecule has 0 amide bonds. The second-order valence-electron chi connectivity index (χ2n) is 3.28. The average Bonchev–Trinajstić information content (AvgIpc) is 2.71. The lowest BCUT2D eigenvalue weighted by Crippen LogP contribution is -2.17. The number of aromatic nitrogens is 3. The maximum Gasteiger partial charge on any atom is 0.260 e. The lowest BCUT2D eigenvalue weighted by atomic mass is 10.3. The van der Waals surface area contributed by atoms with Gasteiger partial charge in [0.1, 0.15) is 0 Å². The summed E-state index contributed by atoms with van der Waals surface area (Å²) in [6, 6.07) is 3.59. The van der Waals surface area contributed by atoms with Crippen LogP contribution in [0, 0.1) is 0 Å². The third-order valence-electron chi connectivity index (χ3n) is 2.11. The molecule has 0 spiro atoms. The topological polar surface area (TPSA) is 59.8 Å². The predicted molar refractivity (Wildman–Crippen MR) is 64.7 cm³/mol. The Bertz CT molecular complexity index is 546. The standard InChI is InChI=1S/C10H12N4OS/c1-3-11-10-13-12-8(16-10)7-5-4-6-14(2)9(7)15/h4-6H,3H2,1-2H3,(H,11,13). The van der Waals surface area contributed by atoms with Gasteiger partial charge in [-0.25, -0.2) is 0 Å².